The van der Waals surface area contributed by atoms with Gasteiger partial charge in [0, 0.05) is 30.8 Å². The second kappa shape index (κ2) is 8.46. The highest BCUT2D eigenvalue weighted by atomic mass is 35.5. The summed E-state index contributed by atoms with van der Waals surface area (Å²) in [4.78, 5) is 2.41. The molecule has 0 aliphatic carbocycles. The molecule has 1 fully saturated rings. The second-order valence-corrected chi connectivity index (χ2v) is 5.68. The zero-order chi connectivity index (χ0) is 15.4. The number of likely N-dealkylation sites (tertiary alicyclic amines) is 1. The Morgan fingerprint density at radius 1 is 1.09 bits per heavy atom. The smallest absolute Gasteiger partial charge is 0.164 e. The number of nitrogens with two attached hydrogens (primary N) is 1. The van der Waals surface area contributed by atoms with Gasteiger partial charge in [0.1, 0.15) is 5.75 Å². The predicted octanol–water partition coefficient (Wildman–Crippen LogP) is 2.30. The monoisotopic (exact) mass is 330 g/mol. The van der Waals surface area contributed by atoms with Gasteiger partial charge < -0.3 is 19.9 Å². The quantitative estimate of drug-likeness (QED) is 0.897. The van der Waals surface area contributed by atoms with Crippen molar-refractivity contribution in [1.29, 1.82) is 0 Å². The zero-order valence-corrected chi connectivity index (χ0v) is 14.6. The molecule has 126 valence electrons. The molecule has 0 aromatic heterocycles. The van der Waals surface area contributed by atoms with E-state index in [9.17, 15) is 0 Å². The van der Waals surface area contributed by atoms with Gasteiger partial charge in [0.15, 0.2) is 11.5 Å². The summed E-state index contributed by atoms with van der Waals surface area (Å²) >= 11 is 0. The summed E-state index contributed by atoms with van der Waals surface area (Å²) in [5.74, 6) is 2.77. The van der Waals surface area contributed by atoms with Crippen molar-refractivity contribution in [3.63, 3.8) is 0 Å². The maximum atomic E-state index is 6.09. The van der Waals surface area contributed by atoms with E-state index in [4.69, 9.17) is 19.9 Å². The lowest BCUT2D eigenvalue weighted by Gasteiger charge is -2.35. The number of piperidine rings is 1. The van der Waals surface area contributed by atoms with E-state index >= 15 is 0 Å². The fourth-order valence-electron chi connectivity index (χ4n) is 2.85. The summed E-state index contributed by atoms with van der Waals surface area (Å²) in [6, 6.07) is 4.19. The summed E-state index contributed by atoms with van der Waals surface area (Å²) < 4.78 is 16.2. The maximum Gasteiger partial charge on any atom is 0.164 e. The molecule has 2 rings (SSSR count). The van der Waals surface area contributed by atoms with Gasteiger partial charge in [0.2, 0.25) is 0 Å². The first-order valence-corrected chi connectivity index (χ1v) is 7.35. The largest absolute Gasteiger partial charge is 0.496 e. The highest BCUT2D eigenvalue weighted by Crippen LogP contribution is 2.35. The molecule has 1 aromatic carbocycles. The summed E-state index contributed by atoms with van der Waals surface area (Å²) in [7, 11) is 4.96. The molecular formula is C16H27ClN2O3. The van der Waals surface area contributed by atoms with Crippen LogP contribution in [-0.2, 0) is 6.54 Å². The highest BCUT2D eigenvalue weighted by molar-refractivity contribution is 5.85. The van der Waals surface area contributed by atoms with Crippen LogP contribution in [0.1, 0.15) is 18.9 Å². The van der Waals surface area contributed by atoms with Crippen LogP contribution in [0.3, 0.4) is 0 Å². The Morgan fingerprint density at radius 3 is 2.23 bits per heavy atom. The van der Waals surface area contributed by atoms with Crippen molar-refractivity contribution in [2.75, 3.05) is 34.4 Å². The summed E-state index contributed by atoms with van der Waals surface area (Å²) in [5, 5.41) is 0. The molecule has 0 bridgehead atoms. The molecule has 22 heavy (non-hydrogen) atoms. The zero-order valence-electron chi connectivity index (χ0n) is 13.8. The molecule has 5 nitrogen and oxygen atoms in total. The van der Waals surface area contributed by atoms with Crippen LogP contribution in [0.5, 0.6) is 17.2 Å². The van der Waals surface area contributed by atoms with Crippen LogP contribution >= 0.6 is 12.4 Å². The van der Waals surface area contributed by atoms with Gasteiger partial charge in [-0.05, 0) is 24.9 Å². The van der Waals surface area contributed by atoms with E-state index in [1.165, 1.54) is 0 Å². The molecule has 2 N–H and O–H groups in total. The molecule has 0 radical (unpaired) electrons. The fraction of sp³-hybridized carbons (Fsp3) is 0.625. The van der Waals surface area contributed by atoms with Gasteiger partial charge in [-0.25, -0.2) is 0 Å². The third-order valence-corrected chi connectivity index (χ3v) is 4.24. The van der Waals surface area contributed by atoms with Gasteiger partial charge >= 0.3 is 0 Å². The van der Waals surface area contributed by atoms with Crippen LogP contribution in [0.2, 0.25) is 0 Å². The highest BCUT2D eigenvalue weighted by Gasteiger charge is 2.24. The van der Waals surface area contributed by atoms with Crippen LogP contribution in [-0.4, -0.2) is 45.4 Å². The molecular weight excluding hydrogens is 304 g/mol. The minimum absolute atomic E-state index is 0. The third-order valence-electron chi connectivity index (χ3n) is 4.24. The lowest BCUT2D eigenvalue weighted by molar-refractivity contribution is 0.156. The third kappa shape index (κ3) is 4.18. The molecule has 1 saturated heterocycles. The van der Waals surface area contributed by atoms with Gasteiger partial charge in [-0.15, -0.1) is 12.4 Å². The Bertz CT molecular complexity index is 485. The van der Waals surface area contributed by atoms with Gasteiger partial charge in [0.05, 0.1) is 21.3 Å². The number of methoxy groups -OCH3 is 3. The Morgan fingerprint density at radius 2 is 1.68 bits per heavy atom. The van der Waals surface area contributed by atoms with Gasteiger partial charge in [-0.2, -0.15) is 0 Å². The molecule has 1 aliphatic rings. The van der Waals surface area contributed by atoms with E-state index < -0.39 is 0 Å². The topological polar surface area (TPSA) is 57.0 Å². The van der Waals surface area contributed by atoms with Crippen molar-refractivity contribution in [2.24, 2.45) is 11.7 Å². The van der Waals surface area contributed by atoms with Crippen molar-refractivity contribution in [3.05, 3.63) is 17.7 Å². The Balaban J connectivity index is 0.00000242. The molecule has 1 aromatic rings. The van der Waals surface area contributed by atoms with E-state index in [2.05, 4.69) is 11.8 Å². The maximum absolute atomic E-state index is 6.09. The Labute approximate surface area is 139 Å². The standard InChI is InChI=1S/C16H26N2O3.ClH/c1-11-9-18(6-5-13(11)17)10-12-7-15(20-3)16(21-4)8-14(12)19-2;/h7-8,11,13H,5-6,9-10,17H2,1-4H3;1H. The van der Waals surface area contributed by atoms with Crippen LogP contribution in [0.15, 0.2) is 12.1 Å². The lowest BCUT2D eigenvalue weighted by atomic mass is 9.94. The molecule has 2 unspecified atom stereocenters. The number of rotatable bonds is 5. The van der Waals surface area contributed by atoms with E-state index in [0.717, 1.165) is 43.1 Å². The predicted molar refractivity (Wildman–Crippen MR) is 90.4 cm³/mol. The fourth-order valence-corrected chi connectivity index (χ4v) is 2.85. The molecule has 1 aliphatic heterocycles. The average Bonchev–Trinajstić information content (AvgIpc) is 2.50. The van der Waals surface area contributed by atoms with Crippen LogP contribution in [0.4, 0.5) is 0 Å². The number of ether oxygens (including phenoxy) is 3. The van der Waals surface area contributed by atoms with Crippen LogP contribution < -0.4 is 19.9 Å². The van der Waals surface area contributed by atoms with Crippen molar-refractivity contribution in [3.8, 4) is 17.2 Å². The number of benzene rings is 1. The molecule has 0 spiro atoms. The molecule has 6 heteroatoms. The molecule has 0 amide bonds. The van der Waals surface area contributed by atoms with Crippen LogP contribution in [0, 0.1) is 5.92 Å². The summed E-state index contributed by atoms with van der Waals surface area (Å²) in [5.41, 5.74) is 7.19. The van der Waals surface area contributed by atoms with E-state index in [0.29, 0.717) is 17.7 Å². The van der Waals surface area contributed by atoms with Gasteiger partial charge in [-0.1, -0.05) is 6.92 Å². The van der Waals surface area contributed by atoms with Crippen molar-refractivity contribution < 1.29 is 14.2 Å². The molecule has 2 atom stereocenters. The average molecular weight is 331 g/mol. The first-order valence-electron chi connectivity index (χ1n) is 7.35. The first kappa shape index (κ1) is 18.9. The van der Waals surface area contributed by atoms with Crippen LogP contribution in [0.25, 0.3) is 0 Å². The van der Waals surface area contributed by atoms with E-state index in [1.807, 2.05) is 12.1 Å². The number of hydrogen-bond acceptors (Lipinski definition) is 5. The van der Waals surface area contributed by atoms with Crippen molar-refractivity contribution in [2.45, 2.75) is 25.9 Å². The summed E-state index contributed by atoms with van der Waals surface area (Å²) in [6.07, 6.45) is 1.04. The number of hydrogen-bond donors (Lipinski definition) is 1. The van der Waals surface area contributed by atoms with E-state index in [-0.39, 0.29) is 12.4 Å². The van der Waals surface area contributed by atoms with Gasteiger partial charge in [0.25, 0.3) is 0 Å². The number of nitrogens with zero attached hydrogens (tertiary/aromatic N) is 1. The molecule has 1 heterocycles. The first-order chi connectivity index (χ1) is 10.1. The van der Waals surface area contributed by atoms with Gasteiger partial charge in [-0.3, -0.25) is 4.90 Å². The minimum Gasteiger partial charge on any atom is -0.496 e. The van der Waals surface area contributed by atoms with E-state index in [1.54, 1.807) is 21.3 Å². The Kier molecular flexibility index (Phi) is 7.26. The minimum atomic E-state index is 0. The van der Waals surface area contributed by atoms with Crippen molar-refractivity contribution in [1.82, 2.24) is 4.90 Å². The second-order valence-electron chi connectivity index (χ2n) is 5.68. The molecule has 0 saturated carbocycles. The number of halogens is 1. The summed E-state index contributed by atoms with van der Waals surface area (Å²) in [6.45, 7) is 5.07. The SMILES string of the molecule is COc1cc(OC)c(OC)cc1CN1CCC(N)C(C)C1.Cl. The normalized spacial score (nSPS) is 21.9. The lowest BCUT2D eigenvalue weighted by Crippen LogP contribution is -2.45. The van der Waals surface area contributed by atoms with Crippen molar-refractivity contribution >= 4 is 12.4 Å². The Hall–Kier alpha value is -1.17.